The second-order valence-corrected chi connectivity index (χ2v) is 6.12. The molecule has 0 fully saturated rings. The van der Waals surface area contributed by atoms with Gasteiger partial charge in [0, 0.05) is 11.4 Å². The van der Waals surface area contributed by atoms with Gasteiger partial charge in [0.1, 0.15) is 5.02 Å². The molecule has 2 N–H and O–H groups in total. The van der Waals surface area contributed by atoms with Crippen LogP contribution in [0.4, 0.5) is 23.0 Å². The normalized spacial score (nSPS) is 10.5. The zero-order valence-corrected chi connectivity index (χ0v) is 14.7. The highest BCUT2D eigenvalue weighted by Crippen LogP contribution is 2.35. The van der Waals surface area contributed by atoms with Crippen molar-refractivity contribution in [3.8, 4) is 5.69 Å². The highest BCUT2D eigenvalue weighted by atomic mass is 35.5. The molecule has 128 valence electrons. The first-order chi connectivity index (χ1) is 12.8. The monoisotopic (exact) mass is 360 g/mol. The number of nitrogens with zero attached hydrogens (tertiary/aromatic N) is 2. The third-order valence-corrected chi connectivity index (χ3v) is 4.26. The van der Waals surface area contributed by atoms with Crippen LogP contribution in [0.5, 0.6) is 0 Å². The van der Waals surface area contributed by atoms with Gasteiger partial charge in [0.2, 0.25) is 0 Å². The smallest absolute Gasteiger partial charge is 0.174 e. The maximum atomic E-state index is 6.67. The molecule has 0 bridgehead atoms. The summed E-state index contributed by atoms with van der Waals surface area (Å²) < 4.78 is 1.81. The minimum atomic E-state index is 0.529. The number of hydrogen-bond donors (Lipinski definition) is 2. The van der Waals surface area contributed by atoms with E-state index in [9.17, 15) is 0 Å². The quantitative estimate of drug-likeness (QED) is 0.457. The summed E-state index contributed by atoms with van der Waals surface area (Å²) in [5.41, 5.74) is 2.80. The molecule has 5 heteroatoms. The number of benzene rings is 3. The van der Waals surface area contributed by atoms with Crippen molar-refractivity contribution >= 4 is 34.6 Å². The Kier molecular flexibility index (Phi) is 4.58. The van der Waals surface area contributed by atoms with Gasteiger partial charge in [0.25, 0.3) is 0 Å². The largest absolute Gasteiger partial charge is 0.339 e. The van der Waals surface area contributed by atoms with Crippen molar-refractivity contribution < 1.29 is 0 Å². The molecule has 4 nitrogen and oxygen atoms in total. The minimum absolute atomic E-state index is 0.529. The second kappa shape index (κ2) is 7.33. The molecule has 0 saturated heterocycles. The lowest BCUT2D eigenvalue weighted by Crippen LogP contribution is -2.02. The highest BCUT2D eigenvalue weighted by Gasteiger charge is 2.18. The molecule has 3 aromatic carbocycles. The summed E-state index contributed by atoms with van der Waals surface area (Å²) in [6, 6.07) is 29.7. The molecule has 0 radical (unpaired) electrons. The van der Waals surface area contributed by atoms with E-state index in [0.29, 0.717) is 16.7 Å². The van der Waals surface area contributed by atoms with Crippen LogP contribution in [0.25, 0.3) is 5.69 Å². The molecule has 0 aliphatic carbocycles. The third-order valence-electron chi connectivity index (χ3n) is 3.90. The summed E-state index contributed by atoms with van der Waals surface area (Å²) in [5, 5.41) is 11.9. The summed E-state index contributed by atoms with van der Waals surface area (Å²) in [6.45, 7) is 0. The van der Waals surface area contributed by atoms with E-state index in [1.54, 1.807) is 4.68 Å². The molecule has 26 heavy (non-hydrogen) atoms. The van der Waals surface area contributed by atoms with Gasteiger partial charge in [-0.3, -0.25) is 0 Å². The number of hydrogen-bond acceptors (Lipinski definition) is 3. The van der Waals surface area contributed by atoms with Gasteiger partial charge in [0.05, 0.1) is 5.69 Å². The first-order valence-electron chi connectivity index (χ1n) is 8.29. The van der Waals surface area contributed by atoms with Crippen LogP contribution >= 0.6 is 11.6 Å². The van der Waals surface area contributed by atoms with Crippen LogP contribution in [0.3, 0.4) is 0 Å². The average Bonchev–Trinajstić information content (AvgIpc) is 3.00. The maximum Gasteiger partial charge on any atom is 0.174 e. The van der Waals surface area contributed by atoms with E-state index in [4.69, 9.17) is 11.6 Å². The van der Waals surface area contributed by atoms with E-state index in [1.807, 2.05) is 91.0 Å². The Morgan fingerprint density at radius 2 is 1.15 bits per heavy atom. The number of nitrogens with one attached hydrogen (secondary N) is 2. The van der Waals surface area contributed by atoms with E-state index < -0.39 is 0 Å². The van der Waals surface area contributed by atoms with E-state index in [1.165, 1.54) is 0 Å². The first kappa shape index (κ1) is 16.2. The molecule has 0 saturated carbocycles. The molecule has 0 amide bonds. The third kappa shape index (κ3) is 3.41. The fraction of sp³-hybridized carbons (Fsp3) is 0. The molecule has 0 atom stereocenters. The summed E-state index contributed by atoms with van der Waals surface area (Å²) >= 11 is 6.67. The lowest BCUT2D eigenvalue weighted by Gasteiger charge is -2.10. The predicted octanol–water partition coefficient (Wildman–Crippen LogP) is 6.01. The Labute approximate surface area is 157 Å². The van der Waals surface area contributed by atoms with E-state index >= 15 is 0 Å². The minimum Gasteiger partial charge on any atom is -0.339 e. The molecule has 1 heterocycles. The van der Waals surface area contributed by atoms with Gasteiger partial charge in [-0.15, -0.1) is 5.10 Å². The van der Waals surface area contributed by atoms with Crippen LogP contribution in [0.1, 0.15) is 0 Å². The van der Waals surface area contributed by atoms with Crippen LogP contribution in [-0.4, -0.2) is 9.78 Å². The summed E-state index contributed by atoms with van der Waals surface area (Å²) in [7, 11) is 0. The zero-order valence-electron chi connectivity index (χ0n) is 13.9. The lowest BCUT2D eigenvalue weighted by molar-refractivity contribution is 0.892. The first-order valence-corrected chi connectivity index (χ1v) is 8.67. The molecule has 4 aromatic rings. The Morgan fingerprint density at radius 3 is 1.73 bits per heavy atom. The van der Waals surface area contributed by atoms with Gasteiger partial charge in [-0.05, 0) is 36.4 Å². The fourth-order valence-corrected chi connectivity index (χ4v) is 2.87. The Morgan fingerprint density at radius 1 is 0.654 bits per heavy atom. The molecule has 0 aliphatic heterocycles. The summed E-state index contributed by atoms with van der Waals surface area (Å²) in [4.78, 5) is 0. The molecule has 0 spiro atoms. The number of rotatable bonds is 5. The molecular formula is C21H17ClN4. The Bertz CT molecular complexity index is 983. The van der Waals surface area contributed by atoms with E-state index in [-0.39, 0.29) is 0 Å². The van der Waals surface area contributed by atoms with Crippen molar-refractivity contribution in [1.82, 2.24) is 9.78 Å². The number of anilines is 4. The zero-order chi connectivity index (χ0) is 17.8. The van der Waals surface area contributed by atoms with Crippen LogP contribution in [0.15, 0.2) is 91.0 Å². The van der Waals surface area contributed by atoms with Gasteiger partial charge in [0.15, 0.2) is 11.6 Å². The van der Waals surface area contributed by atoms with Gasteiger partial charge < -0.3 is 10.6 Å². The van der Waals surface area contributed by atoms with Gasteiger partial charge in [-0.2, -0.15) is 0 Å². The standard InChI is InChI=1S/C21H17ClN4/c22-19-20(23-16-10-4-1-5-11-16)25-26(18-14-8-3-9-15-18)21(19)24-17-12-6-2-7-13-17/h1-15,24H,(H,23,25). The molecule has 1 aromatic heterocycles. The Balaban J connectivity index is 1.77. The predicted molar refractivity (Wildman–Crippen MR) is 108 cm³/mol. The molecule has 0 aliphatic rings. The van der Waals surface area contributed by atoms with Gasteiger partial charge in [-0.25, -0.2) is 4.68 Å². The van der Waals surface area contributed by atoms with E-state index in [2.05, 4.69) is 15.7 Å². The van der Waals surface area contributed by atoms with Crippen molar-refractivity contribution in [2.45, 2.75) is 0 Å². The van der Waals surface area contributed by atoms with Gasteiger partial charge >= 0.3 is 0 Å². The molecular weight excluding hydrogens is 344 g/mol. The number of para-hydroxylation sites is 3. The SMILES string of the molecule is Clc1c(Nc2ccccc2)nn(-c2ccccc2)c1Nc1ccccc1. The highest BCUT2D eigenvalue weighted by molar-refractivity contribution is 6.35. The van der Waals surface area contributed by atoms with Crippen LogP contribution in [0.2, 0.25) is 5.02 Å². The van der Waals surface area contributed by atoms with Crippen molar-refractivity contribution in [2.24, 2.45) is 0 Å². The van der Waals surface area contributed by atoms with Crippen LogP contribution in [0, 0.1) is 0 Å². The van der Waals surface area contributed by atoms with Crippen molar-refractivity contribution in [2.75, 3.05) is 10.6 Å². The average molecular weight is 361 g/mol. The summed E-state index contributed by atoms with van der Waals surface area (Å²) in [5.74, 6) is 1.31. The number of halogens is 1. The van der Waals surface area contributed by atoms with Crippen molar-refractivity contribution in [3.05, 3.63) is 96.0 Å². The molecule has 0 unspecified atom stereocenters. The second-order valence-electron chi connectivity index (χ2n) is 5.74. The van der Waals surface area contributed by atoms with Crippen LogP contribution < -0.4 is 10.6 Å². The lowest BCUT2D eigenvalue weighted by atomic mass is 10.3. The van der Waals surface area contributed by atoms with Crippen molar-refractivity contribution in [3.63, 3.8) is 0 Å². The summed E-state index contributed by atoms with van der Waals surface area (Å²) in [6.07, 6.45) is 0. The maximum absolute atomic E-state index is 6.67. The van der Waals surface area contributed by atoms with Crippen molar-refractivity contribution in [1.29, 1.82) is 0 Å². The van der Waals surface area contributed by atoms with E-state index in [0.717, 1.165) is 17.1 Å². The number of aromatic nitrogens is 2. The van der Waals surface area contributed by atoms with Gasteiger partial charge in [-0.1, -0.05) is 66.2 Å². The fourth-order valence-electron chi connectivity index (χ4n) is 2.66. The Hall–Kier alpha value is -3.24. The van der Waals surface area contributed by atoms with Crippen LogP contribution in [-0.2, 0) is 0 Å². The molecule has 4 rings (SSSR count). The topological polar surface area (TPSA) is 41.9 Å².